The topological polar surface area (TPSA) is 24.1 Å². The molecule has 0 bridgehead atoms. The van der Waals surface area contributed by atoms with Crippen molar-refractivity contribution >= 4 is 5.69 Å². The number of anilines is 1. The molecule has 2 heteroatoms. The van der Waals surface area contributed by atoms with Gasteiger partial charge in [0.15, 0.2) is 0 Å². The maximum Gasteiger partial charge on any atom is 0.0379 e. The third-order valence-corrected chi connectivity index (χ3v) is 2.63. The SMILES string of the molecule is CNCc1ccc2c(c1)NCC2C. The minimum atomic E-state index is 0.665. The van der Waals surface area contributed by atoms with E-state index in [0.717, 1.165) is 13.1 Å². The van der Waals surface area contributed by atoms with E-state index in [1.54, 1.807) is 0 Å². The minimum Gasteiger partial charge on any atom is -0.384 e. The van der Waals surface area contributed by atoms with Crippen LogP contribution in [0.1, 0.15) is 24.0 Å². The number of hydrogen-bond acceptors (Lipinski definition) is 2. The first-order valence-electron chi connectivity index (χ1n) is 4.82. The zero-order chi connectivity index (χ0) is 9.26. The molecule has 1 heterocycles. The number of rotatable bonds is 2. The van der Waals surface area contributed by atoms with Crippen molar-refractivity contribution in [1.82, 2.24) is 5.32 Å². The normalized spacial score (nSPS) is 19.7. The van der Waals surface area contributed by atoms with E-state index in [9.17, 15) is 0 Å². The minimum absolute atomic E-state index is 0.665. The Hall–Kier alpha value is -1.02. The summed E-state index contributed by atoms with van der Waals surface area (Å²) in [7, 11) is 1.98. The fraction of sp³-hybridized carbons (Fsp3) is 0.455. The van der Waals surface area contributed by atoms with E-state index in [0.29, 0.717) is 5.92 Å². The third-order valence-electron chi connectivity index (χ3n) is 2.63. The predicted octanol–water partition coefficient (Wildman–Crippen LogP) is 1.94. The lowest BCUT2D eigenvalue weighted by Crippen LogP contribution is -2.05. The molecule has 2 rings (SSSR count). The molecule has 0 aromatic heterocycles. The van der Waals surface area contributed by atoms with Gasteiger partial charge in [-0.2, -0.15) is 0 Å². The summed E-state index contributed by atoms with van der Waals surface area (Å²) in [6.45, 7) is 4.29. The largest absolute Gasteiger partial charge is 0.384 e. The molecular formula is C11H16N2. The monoisotopic (exact) mass is 176 g/mol. The van der Waals surface area contributed by atoms with Crippen molar-refractivity contribution in [2.24, 2.45) is 0 Å². The molecule has 1 unspecified atom stereocenters. The summed E-state index contributed by atoms with van der Waals surface area (Å²) >= 11 is 0. The summed E-state index contributed by atoms with van der Waals surface area (Å²) in [4.78, 5) is 0. The van der Waals surface area contributed by atoms with E-state index >= 15 is 0 Å². The lowest BCUT2D eigenvalue weighted by Gasteiger charge is -2.05. The lowest BCUT2D eigenvalue weighted by atomic mass is 10.0. The van der Waals surface area contributed by atoms with Crippen LogP contribution in [0.2, 0.25) is 0 Å². The fourth-order valence-corrected chi connectivity index (χ4v) is 1.87. The molecule has 0 saturated carbocycles. The maximum atomic E-state index is 3.42. The smallest absolute Gasteiger partial charge is 0.0379 e. The Morgan fingerprint density at radius 3 is 3.15 bits per heavy atom. The van der Waals surface area contributed by atoms with Crippen LogP contribution in [0.4, 0.5) is 5.69 Å². The number of fused-ring (bicyclic) bond motifs is 1. The van der Waals surface area contributed by atoms with Gasteiger partial charge in [-0.1, -0.05) is 19.1 Å². The van der Waals surface area contributed by atoms with Crippen molar-refractivity contribution in [2.75, 3.05) is 18.9 Å². The van der Waals surface area contributed by atoms with Crippen molar-refractivity contribution in [1.29, 1.82) is 0 Å². The van der Waals surface area contributed by atoms with Crippen molar-refractivity contribution in [3.63, 3.8) is 0 Å². The quantitative estimate of drug-likeness (QED) is 0.719. The maximum absolute atomic E-state index is 3.42. The molecule has 0 radical (unpaired) electrons. The number of hydrogen-bond donors (Lipinski definition) is 2. The van der Waals surface area contributed by atoms with E-state index < -0.39 is 0 Å². The molecule has 1 aromatic rings. The molecule has 13 heavy (non-hydrogen) atoms. The number of benzene rings is 1. The molecule has 0 amide bonds. The molecule has 70 valence electrons. The molecule has 2 nitrogen and oxygen atoms in total. The Kier molecular flexibility index (Phi) is 2.23. The summed E-state index contributed by atoms with van der Waals surface area (Å²) < 4.78 is 0. The zero-order valence-corrected chi connectivity index (χ0v) is 8.22. The zero-order valence-electron chi connectivity index (χ0n) is 8.22. The van der Waals surface area contributed by atoms with Crippen LogP contribution in [-0.4, -0.2) is 13.6 Å². The van der Waals surface area contributed by atoms with E-state index in [1.807, 2.05) is 7.05 Å². The van der Waals surface area contributed by atoms with Gasteiger partial charge in [0.1, 0.15) is 0 Å². The molecule has 0 spiro atoms. The Morgan fingerprint density at radius 1 is 1.54 bits per heavy atom. The Balaban J connectivity index is 2.29. The molecule has 0 saturated heterocycles. The summed E-state index contributed by atoms with van der Waals surface area (Å²) in [5.41, 5.74) is 4.13. The third kappa shape index (κ3) is 1.54. The van der Waals surface area contributed by atoms with Crippen molar-refractivity contribution < 1.29 is 0 Å². The van der Waals surface area contributed by atoms with Crippen molar-refractivity contribution in [3.05, 3.63) is 29.3 Å². The van der Waals surface area contributed by atoms with E-state index in [4.69, 9.17) is 0 Å². The summed E-state index contributed by atoms with van der Waals surface area (Å²) in [5.74, 6) is 0.665. The van der Waals surface area contributed by atoms with Crippen molar-refractivity contribution in [3.8, 4) is 0 Å². The summed E-state index contributed by atoms with van der Waals surface area (Å²) in [6.07, 6.45) is 0. The lowest BCUT2D eigenvalue weighted by molar-refractivity contribution is 0.816. The molecule has 1 aromatic carbocycles. The molecule has 1 aliphatic rings. The average Bonchev–Trinajstić information content (AvgIpc) is 2.48. The van der Waals surface area contributed by atoms with Crippen LogP contribution in [0.15, 0.2) is 18.2 Å². The molecule has 1 aliphatic heterocycles. The van der Waals surface area contributed by atoms with Gasteiger partial charge in [0.25, 0.3) is 0 Å². The Labute approximate surface area is 79.4 Å². The van der Waals surface area contributed by atoms with Gasteiger partial charge in [-0.25, -0.2) is 0 Å². The fourth-order valence-electron chi connectivity index (χ4n) is 1.87. The van der Waals surface area contributed by atoms with Crippen molar-refractivity contribution in [2.45, 2.75) is 19.4 Å². The molecule has 0 aliphatic carbocycles. The first-order valence-corrected chi connectivity index (χ1v) is 4.82. The van der Waals surface area contributed by atoms with Crippen LogP contribution >= 0.6 is 0 Å². The highest BCUT2D eigenvalue weighted by Gasteiger charge is 2.17. The Morgan fingerprint density at radius 2 is 2.38 bits per heavy atom. The first-order chi connectivity index (χ1) is 6.31. The molecule has 1 atom stereocenters. The second-order valence-corrected chi connectivity index (χ2v) is 3.73. The van der Waals surface area contributed by atoms with Crippen LogP contribution in [0, 0.1) is 0 Å². The van der Waals surface area contributed by atoms with E-state index in [1.165, 1.54) is 16.8 Å². The van der Waals surface area contributed by atoms with Gasteiger partial charge in [0.05, 0.1) is 0 Å². The summed E-state index contributed by atoms with van der Waals surface area (Å²) in [6, 6.07) is 6.70. The summed E-state index contributed by atoms with van der Waals surface area (Å²) in [5, 5.41) is 6.58. The molecule has 0 fully saturated rings. The predicted molar refractivity (Wildman–Crippen MR) is 56.1 cm³/mol. The average molecular weight is 176 g/mol. The molecular weight excluding hydrogens is 160 g/mol. The second-order valence-electron chi connectivity index (χ2n) is 3.73. The van der Waals surface area contributed by atoms with Gasteiger partial charge in [-0.15, -0.1) is 0 Å². The van der Waals surface area contributed by atoms with Crippen LogP contribution < -0.4 is 10.6 Å². The highest BCUT2D eigenvalue weighted by molar-refractivity contribution is 5.59. The molecule has 2 N–H and O–H groups in total. The van der Waals surface area contributed by atoms with Gasteiger partial charge >= 0.3 is 0 Å². The van der Waals surface area contributed by atoms with Gasteiger partial charge in [-0.3, -0.25) is 0 Å². The van der Waals surface area contributed by atoms with E-state index in [2.05, 4.69) is 35.8 Å². The highest BCUT2D eigenvalue weighted by atomic mass is 14.9. The van der Waals surface area contributed by atoms with Gasteiger partial charge < -0.3 is 10.6 Å². The highest BCUT2D eigenvalue weighted by Crippen LogP contribution is 2.31. The van der Waals surface area contributed by atoms with Gasteiger partial charge in [0, 0.05) is 24.7 Å². The van der Waals surface area contributed by atoms with Crippen LogP contribution in [-0.2, 0) is 6.54 Å². The second kappa shape index (κ2) is 3.38. The van der Waals surface area contributed by atoms with Crippen LogP contribution in [0.3, 0.4) is 0 Å². The number of nitrogens with one attached hydrogen (secondary N) is 2. The first kappa shape index (κ1) is 8.57. The standard InChI is InChI=1S/C11H16N2/c1-8-6-13-11-5-9(7-12-2)3-4-10(8)11/h3-5,8,12-13H,6-7H2,1-2H3. The van der Waals surface area contributed by atoms with Gasteiger partial charge in [0.2, 0.25) is 0 Å². The van der Waals surface area contributed by atoms with Crippen LogP contribution in [0.25, 0.3) is 0 Å². The van der Waals surface area contributed by atoms with Crippen LogP contribution in [0.5, 0.6) is 0 Å². The Bertz CT molecular complexity index is 307. The van der Waals surface area contributed by atoms with E-state index in [-0.39, 0.29) is 0 Å². The van der Waals surface area contributed by atoms with Gasteiger partial charge in [-0.05, 0) is 24.2 Å².